The van der Waals surface area contributed by atoms with E-state index in [-0.39, 0.29) is 23.4 Å². The van der Waals surface area contributed by atoms with Crippen LogP contribution in [0.15, 0.2) is 78.3 Å². The molecule has 2 fully saturated rings. The van der Waals surface area contributed by atoms with E-state index in [1.54, 1.807) is 24.3 Å². The number of benzene rings is 2. The minimum absolute atomic E-state index is 0.0590. The fraction of sp³-hybridized carbons (Fsp3) is 0.368. The van der Waals surface area contributed by atoms with Crippen molar-refractivity contribution in [1.29, 1.82) is 0 Å². The van der Waals surface area contributed by atoms with Gasteiger partial charge in [0.25, 0.3) is 5.91 Å². The predicted molar refractivity (Wildman–Crippen MR) is 186 cm³/mol. The minimum atomic E-state index is -1.01. The average molecular weight is 684 g/mol. The summed E-state index contributed by atoms with van der Waals surface area (Å²) in [7, 11) is 1.59. The number of carbonyl (C=O) groups excluding carboxylic acids is 3. The number of pyridine rings is 1. The SMILES string of the molecule is COC1=Cc2c(Oc3ccc(NC(=O)C(=O)N/C=C(/Cc4ccccc4)C(=O)N4CCCC4)cc3F)ccnc2CC1OCC1CCNCC1. The Hall–Kier alpha value is -5.07. The zero-order chi connectivity index (χ0) is 34.9. The maximum Gasteiger partial charge on any atom is 0.314 e. The summed E-state index contributed by atoms with van der Waals surface area (Å²) in [6.45, 7) is 3.91. The maximum atomic E-state index is 15.3. The summed E-state index contributed by atoms with van der Waals surface area (Å²) in [5, 5.41) is 8.22. The molecule has 3 N–H and O–H groups in total. The normalized spacial score (nSPS) is 17.8. The number of likely N-dealkylation sites (tertiary alicyclic amines) is 1. The second-order valence-corrected chi connectivity index (χ2v) is 12.6. The Morgan fingerprint density at radius 3 is 2.54 bits per heavy atom. The molecular weight excluding hydrogens is 641 g/mol. The van der Waals surface area contributed by atoms with Crippen LogP contribution in [0.3, 0.4) is 0 Å². The number of halogens is 1. The summed E-state index contributed by atoms with van der Waals surface area (Å²) in [6, 6.07) is 14.9. The number of rotatable bonds is 11. The van der Waals surface area contributed by atoms with Crippen LogP contribution in [0.5, 0.6) is 11.5 Å². The lowest BCUT2D eigenvalue weighted by molar-refractivity contribution is -0.135. The third-order valence-electron chi connectivity index (χ3n) is 9.14. The van der Waals surface area contributed by atoms with Gasteiger partial charge in [0.2, 0.25) is 0 Å². The zero-order valence-electron chi connectivity index (χ0n) is 28.1. The molecule has 1 atom stereocenters. The number of nitrogens with zero attached hydrogens (tertiary/aromatic N) is 2. The summed E-state index contributed by atoms with van der Waals surface area (Å²) >= 11 is 0. The van der Waals surface area contributed by atoms with Gasteiger partial charge >= 0.3 is 11.8 Å². The molecule has 0 saturated carbocycles. The highest BCUT2D eigenvalue weighted by Crippen LogP contribution is 2.35. The van der Waals surface area contributed by atoms with Crippen LogP contribution in [0.2, 0.25) is 0 Å². The lowest BCUT2D eigenvalue weighted by Crippen LogP contribution is -2.35. The smallest absolute Gasteiger partial charge is 0.314 e. The number of fused-ring (bicyclic) bond motifs is 1. The van der Waals surface area contributed by atoms with Gasteiger partial charge in [0.05, 0.1) is 19.4 Å². The van der Waals surface area contributed by atoms with Crippen molar-refractivity contribution >= 4 is 29.5 Å². The third-order valence-corrected chi connectivity index (χ3v) is 9.14. The number of methoxy groups -OCH3 is 1. The van der Waals surface area contributed by atoms with Gasteiger partial charge in [-0.1, -0.05) is 30.3 Å². The van der Waals surface area contributed by atoms with Gasteiger partial charge in [-0.25, -0.2) is 4.39 Å². The number of aromatic nitrogens is 1. The maximum absolute atomic E-state index is 15.3. The average Bonchev–Trinajstić information content (AvgIpc) is 3.69. The first-order chi connectivity index (χ1) is 24.4. The van der Waals surface area contributed by atoms with Crippen molar-refractivity contribution in [2.24, 2.45) is 5.92 Å². The molecule has 2 aliphatic heterocycles. The monoisotopic (exact) mass is 683 g/mol. The first-order valence-electron chi connectivity index (χ1n) is 17.0. The first kappa shape index (κ1) is 34.8. The van der Waals surface area contributed by atoms with Gasteiger partial charge in [-0.3, -0.25) is 19.4 Å². The Bertz CT molecular complexity index is 1750. The third kappa shape index (κ3) is 8.74. The van der Waals surface area contributed by atoms with Crippen LogP contribution in [0.4, 0.5) is 10.1 Å². The number of carbonyl (C=O) groups is 3. The van der Waals surface area contributed by atoms with E-state index in [1.165, 1.54) is 18.3 Å². The van der Waals surface area contributed by atoms with Crippen molar-refractivity contribution < 1.29 is 33.0 Å². The van der Waals surface area contributed by atoms with E-state index in [0.717, 1.165) is 56.1 Å². The highest BCUT2D eigenvalue weighted by Gasteiger charge is 2.28. The van der Waals surface area contributed by atoms with Crippen LogP contribution in [0, 0.1) is 11.7 Å². The molecule has 3 aromatic rings. The van der Waals surface area contributed by atoms with Crippen molar-refractivity contribution in [2.75, 3.05) is 45.2 Å². The van der Waals surface area contributed by atoms with Gasteiger partial charge in [-0.2, -0.15) is 0 Å². The Kier molecular flexibility index (Phi) is 11.5. The van der Waals surface area contributed by atoms with Crippen molar-refractivity contribution in [3.63, 3.8) is 0 Å². The summed E-state index contributed by atoms with van der Waals surface area (Å²) in [4.78, 5) is 44.9. The van der Waals surface area contributed by atoms with Gasteiger partial charge in [0, 0.05) is 61.2 Å². The molecule has 1 aromatic heterocycles. The van der Waals surface area contributed by atoms with Crippen LogP contribution in [0.25, 0.3) is 6.08 Å². The number of hydrogen-bond donors (Lipinski definition) is 3. The molecule has 50 heavy (non-hydrogen) atoms. The lowest BCUT2D eigenvalue weighted by Gasteiger charge is -2.28. The molecule has 11 nitrogen and oxygen atoms in total. The molecular formula is C38H42FN5O6. The minimum Gasteiger partial charge on any atom is -0.498 e. The van der Waals surface area contributed by atoms with E-state index in [1.807, 2.05) is 36.4 Å². The molecule has 2 aromatic carbocycles. The summed E-state index contributed by atoms with van der Waals surface area (Å²) in [5.41, 5.74) is 2.73. The highest BCUT2D eigenvalue weighted by molar-refractivity contribution is 6.39. The van der Waals surface area contributed by atoms with E-state index in [2.05, 4.69) is 20.9 Å². The van der Waals surface area contributed by atoms with Crippen LogP contribution >= 0.6 is 0 Å². The van der Waals surface area contributed by atoms with Gasteiger partial charge in [-0.15, -0.1) is 0 Å². The Balaban J connectivity index is 1.08. The second kappa shape index (κ2) is 16.6. The Morgan fingerprint density at radius 1 is 1.02 bits per heavy atom. The number of amides is 3. The summed E-state index contributed by atoms with van der Waals surface area (Å²) in [5.74, 6) is -1.49. The molecule has 0 bridgehead atoms. The number of nitrogens with one attached hydrogen (secondary N) is 3. The molecule has 3 aliphatic rings. The molecule has 0 spiro atoms. The number of piperidine rings is 1. The summed E-state index contributed by atoms with van der Waals surface area (Å²) < 4.78 is 33.2. The van der Waals surface area contributed by atoms with E-state index < -0.39 is 17.6 Å². The fourth-order valence-corrected chi connectivity index (χ4v) is 6.36. The fourth-order valence-electron chi connectivity index (χ4n) is 6.36. The largest absolute Gasteiger partial charge is 0.498 e. The van der Waals surface area contributed by atoms with Gasteiger partial charge in [0.15, 0.2) is 11.6 Å². The van der Waals surface area contributed by atoms with Crippen LogP contribution in [0.1, 0.15) is 42.5 Å². The standard InChI is InChI=1S/C38H42FN5O6/c1-48-34-21-29-31(22-35(34)49-24-26-11-14-40-15-12-26)41-16-13-32(29)50-33-10-9-28(20-30(33)39)43-37(46)36(45)42-23-27(19-25-7-3-2-4-8-25)38(47)44-17-5-6-18-44/h2-4,7-10,13,16,20-21,23,26,35,40H,5-6,11-12,14-15,17-19,22,24H2,1H3,(H,42,45)(H,43,46)/b27-23-. The number of hydrogen-bond acceptors (Lipinski definition) is 8. The molecule has 6 rings (SSSR count). The zero-order valence-corrected chi connectivity index (χ0v) is 28.1. The van der Waals surface area contributed by atoms with Crippen molar-refractivity contribution in [2.45, 2.75) is 44.6 Å². The molecule has 12 heteroatoms. The molecule has 1 aliphatic carbocycles. The quantitative estimate of drug-likeness (QED) is 0.195. The second-order valence-electron chi connectivity index (χ2n) is 12.6. The molecule has 3 heterocycles. The van der Waals surface area contributed by atoms with Crippen molar-refractivity contribution in [3.8, 4) is 11.5 Å². The van der Waals surface area contributed by atoms with Crippen LogP contribution in [-0.2, 0) is 36.7 Å². The van der Waals surface area contributed by atoms with Crippen LogP contribution in [-0.4, -0.2) is 73.6 Å². The summed E-state index contributed by atoms with van der Waals surface area (Å²) in [6.07, 6.45) is 9.19. The van der Waals surface area contributed by atoms with Crippen molar-refractivity contribution in [3.05, 3.63) is 101 Å². The van der Waals surface area contributed by atoms with E-state index in [9.17, 15) is 14.4 Å². The van der Waals surface area contributed by atoms with Gasteiger partial charge in [-0.05, 0) is 74.5 Å². The first-order valence-corrected chi connectivity index (χ1v) is 17.0. The van der Waals surface area contributed by atoms with Crippen molar-refractivity contribution in [1.82, 2.24) is 20.5 Å². The van der Waals surface area contributed by atoms with E-state index in [4.69, 9.17) is 14.2 Å². The van der Waals surface area contributed by atoms with E-state index >= 15 is 4.39 Å². The highest BCUT2D eigenvalue weighted by atomic mass is 19.1. The predicted octanol–water partition coefficient (Wildman–Crippen LogP) is 4.74. The van der Waals surface area contributed by atoms with Gasteiger partial charge in [0.1, 0.15) is 17.6 Å². The van der Waals surface area contributed by atoms with Crippen LogP contribution < -0.4 is 20.7 Å². The Morgan fingerprint density at radius 2 is 1.80 bits per heavy atom. The van der Waals surface area contributed by atoms with E-state index in [0.29, 0.717) is 61.1 Å². The molecule has 1 unspecified atom stereocenters. The van der Waals surface area contributed by atoms with Gasteiger partial charge < -0.3 is 35.1 Å². The number of anilines is 1. The topological polar surface area (TPSA) is 131 Å². The molecule has 0 radical (unpaired) electrons. The molecule has 3 amide bonds. The lowest BCUT2D eigenvalue weighted by atomic mass is 9.97. The molecule has 2 saturated heterocycles. The Labute approximate surface area is 290 Å². The molecule has 262 valence electrons. The number of ether oxygens (including phenoxy) is 3.